The number of imidazole rings is 1. The lowest BCUT2D eigenvalue weighted by Gasteiger charge is -2.38. The van der Waals surface area contributed by atoms with Gasteiger partial charge >= 0.3 is 6.03 Å². The quantitative estimate of drug-likeness (QED) is 0.946. The van der Waals surface area contributed by atoms with Gasteiger partial charge in [0, 0.05) is 36.7 Å². The smallest absolute Gasteiger partial charge is 0.322 e. The summed E-state index contributed by atoms with van der Waals surface area (Å²) in [5.74, 6) is 0.711. The van der Waals surface area contributed by atoms with Gasteiger partial charge in [-0.05, 0) is 43.4 Å². The van der Waals surface area contributed by atoms with E-state index in [4.69, 9.17) is 0 Å². The van der Waals surface area contributed by atoms with E-state index in [1.54, 1.807) is 12.5 Å². The van der Waals surface area contributed by atoms with Crippen LogP contribution in [0, 0.1) is 5.92 Å². The van der Waals surface area contributed by atoms with Crippen molar-refractivity contribution >= 4 is 11.7 Å². The van der Waals surface area contributed by atoms with Crippen LogP contribution < -0.4 is 5.32 Å². The van der Waals surface area contributed by atoms with E-state index in [0.29, 0.717) is 5.92 Å². The van der Waals surface area contributed by atoms with E-state index in [1.165, 1.54) is 0 Å². The molecule has 1 aromatic heterocycles. The fourth-order valence-electron chi connectivity index (χ4n) is 3.87. The van der Waals surface area contributed by atoms with Crippen molar-refractivity contribution in [1.82, 2.24) is 14.5 Å². The molecule has 2 amide bonds. The number of anilines is 1. The summed E-state index contributed by atoms with van der Waals surface area (Å²) in [6, 6.07) is 8.04. The van der Waals surface area contributed by atoms with E-state index in [1.807, 2.05) is 33.9 Å². The van der Waals surface area contributed by atoms with E-state index in [9.17, 15) is 4.79 Å². The Bertz CT molecular complexity index is 688. The number of carbonyl (C=O) groups excluding carboxylic acids is 1. The maximum Gasteiger partial charge on any atom is 0.322 e. The molecule has 1 N–H and O–H groups in total. The number of amides is 2. The second-order valence-electron chi connectivity index (χ2n) is 6.75. The number of benzene rings is 1. The van der Waals surface area contributed by atoms with E-state index in [-0.39, 0.29) is 11.6 Å². The van der Waals surface area contributed by atoms with E-state index in [2.05, 4.69) is 23.3 Å². The van der Waals surface area contributed by atoms with Crippen LogP contribution in [0.2, 0.25) is 0 Å². The number of hydrogen-bond acceptors (Lipinski definition) is 2. The molecule has 1 saturated carbocycles. The summed E-state index contributed by atoms with van der Waals surface area (Å²) in [6.07, 6.45) is 7.81. The number of hydrogen-bond donors (Lipinski definition) is 1. The molecular weight excluding hydrogens is 276 g/mol. The molecule has 0 unspecified atom stereocenters. The molecule has 0 atom stereocenters. The Hall–Kier alpha value is -2.30. The van der Waals surface area contributed by atoms with E-state index < -0.39 is 0 Å². The monoisotopic (exact) mass is 296 g/mol. The molecule has 3 aliphatic rings. The third kappa shape index (κ3) is 2.26. The zero-order valence-corrected chi connectivity index (χ0v) is 12.7. The van der Waals surface area contributed by atoms with Crippen molar-refractivity contribution in [2.24, 2.45) is 5.92 Å². The number of carbonyl (C=O) groups is 1. The van der Waals surface area contributed by atoms with Crippen molar-refractivity contribution in [1.29, 1.82) is 0 Å². The van der Waals surface area contributed by atoms with Gasteiger partial charge in [-0.2, -0.15) is 0 Å². The molecule has 2 saturated heterocycles. The van der Waals surface area contributed by atoms with Crippen LogP contribution in [0.4, 0.5) is 10.5 Å². The van der Waals surface area contributed by atoms with Crippen molar-refractivity contribution in [3.05, 3.63) is 48.5 Å². The second-order valence-corrected chi connectivity index (χ2v) is 6.75. The Labute approximate surface area is 130 Å². The minimum atomic E-state index is 0.0299. The van der Waals surface area contributed by atoms with Crippen LogP contribution in [0.25, 0.3) is 0 Å². The molecule has 0 spiro atoms. The zero-order chi connectivity index (χ0) is 15.2. The highest BCUT2D eigenvalue weighted by molar-refractivity contribution is 5.90. The molecule has 2 aliphatic heterocycles. The summed E-state index contributed by atoms with van der Waals surface area (Å²) in [5, 5.41) is 3.05. The molecule has 22 heavy (non-hydrogen) atoms. The number of rotatable bonds is 3. The van der Waals surface area contributed by atoms with Crippen molar-refractivity contribution in [2.75, 3.05) is 11.9 Å². The van der Waals surface area contributed by atoms with E-state index >= 15 is 0 Å². The van der Waals surface area contributed by atoms with Gasteiger partial charge in [-0.25, -0.2) is 9.78 Å². The average molecular weight is 296 g/mol. The Morgan fingerprint density at radius 1 is 1.45 bits per heavy atom. The molecule has 3 fully saturated rings. The number of nitrogens with zero attached hydrogens (tertiary/aromatic N) is 3. The molecule has 3 heterocycles. The molecular formula is C17H20N4O. The van der Waals surface area contributed by atoms with Crippen molar-refractivity contribution in [3.63, 3.8) is 0 Å². The van der Waals surface area contributed by atoms with Gasteiger partial charge in [-0.1, -0.05) is 12.1 Å². The van der Waals surface area contributed by atoms with Gasteiger partial charge in [-0.3, -0.25) is 0 Å². The summed E-state index contributed by atoms with van der Waals surface area (Å²) < 4.78 is 2.01. The number of aromatic nitrogens is 2. The van der Waals surface area contributed by atoms with Crippen molar-refractivity contribution in [3.8, 4) is 0 Å². The van der Waals surface area contributed by atoms with Crippen LogP contribution in [-0.4, -0.2) is 32.6 Å². The van der Waals surface area contributed by atoms with Gasteiger partial charge in [0.2, 0.25) is 0 Å². The van der Waals surface area contributed by atoms with E-state index in [0.717, 1.165) is 37.2 Å². The minimum Gasteiger partial charge on any atom is -0.333 e. The largest absolute Gasteiger partial charge is 0.333 e. The fourth-order valence-corrected chi connectivity index (χ4v) is 3.87. The van der Waals surface area contributed by atoms with Crippen molar-refractivity contribution < 1.29 is 4.79 Å². The van der Waals surface area contributed by atoms with Crippen LogP contribution in [-0.2, 0) is 6.54 Å². The molecule has 5 rings (SSSR count). The lowest BCUT2D eigenvalue weighted by molar-refractivity contribution is 0.147. The molecule has 1 aliphatic carbocycles. The topological polar surface area (TPSA) is 50.2 Å². The lowest BCUT2D eigenvalue weighted by atomic mass is 9.75. The summed E-state index contributed by atoms with van der Waals surface area (Å²) in [6.45, 7) is 3.84. The summed E-state index contributed by atoms with van der Waals surface area (Å²) in [7, 11) is 0. The molecule has 5 nitrogen and oxygen atoms in total. The van der Waals surface area contributed by atoms with Gasteiger partial charge in [0.05, 0.1) is 6.33 Å². The van der Waals surface area contributed by atoms with Gasteiger partial charge in [-0.15, -0.1) is 0 Å². The first-order chi connectivity index (χ1) is 10.6. The highest BCUT2D eigenvalue weighted by Crippen LogP contribution is 2.50. The van der Waals surface area contributed by atoms with Crippen LogP contribution in [0.3, 0.4) is 0 Å². The number of urea groups is 1. The Morgan fingerprint density at radius 3 is 3.00 bits per heavy atom. The molecule has 2 bridgehead atoms. The second kappa shape index (κ2) is 4.87. The molecule has 2 aromatic rings. The molecule has 5 heteroatoms. The van der Waals surface area contributed by atoms with Gasteiger partial charge < -0.3 is 14.8 Å². The van der Waals surface area contributed by atoms with Gasteiger partial charge in [0.1, 0.15) is 0 Å². The lowest BCUT2D eigenvalue weighted by Crippen LogP contribution is -2.47. The summed E-state index contributed by atoms with van der Waals surface area (Å²) >= 11 is 0. The Kier molecular flexibility index (Phi) is 2.96. The van der Waals surface area contributed by atoms with Crippen LogP contribution >= 0.6 is 0 Å². The molecule has 1 aromatic carbocycles. The number of nitrogens with one attached hydrogen (secondary N) is 1. The first-order valence-corrected chi connectivity index (χ1v) is 7.76. The summed E-state index contributed by atoms with van der Waals surface area (Å²) in [4.78, 5) is 18.5. The first-order valence-electron chi connectivity index (χ1n) is 7.76. The van der Waals surface area contributed by atoms with Gasteiger partial charge in [0.25, 0.3) is 0 Å². The Morgan fingerprint density at radius 2 is 2.32 bits per heavy atom. The maximum absolute atomic E-state index is 12.5. The minimum absolute atomic E-state index is 0.0299. The SMILES string of the molecule is CC12CC(CN1C(=O)Nc1cccc(Cn3ccnc3)c1)C2. The third-order valence-corrected chi connectivity index (χ3v) is 4.90. The summed E-state index contributed by atoms with van der Waals surface area (Å²) in [5.41, 5.74) is 2.09. The standard InChI is InChI=1S/C17H20N4O/c1-17-8-14(9-17)11-21(17)16(22)19-15-4-2-3-13(7-15)10-20-6-5-18-12-20/h2-7,12,14H,8-11H2,1H3,(H,19,22). The Balaban J connectivity index is 1.45. The highest BCUT2D eigenvalue weighted by Gasteiger charge is 2.54. The molecule has 114 valence electrons. The van der Waals surface area contributed by atoms with Crippen LogP contribution in [0.1, 0.15) is 25.3 Å². The van der Waals surface area contributed by atoms with Crippen LogP contribution in [0.5, 0.6) is 0 Å². The normalized spacial score (nSPS) is 25.9. The number of fused-ring (bicyclic) bond motifs is 1. The predicted octanol–water partition coefficient (Wildman–Crippen LogP) is 2.95. The predicted molar refractivity (Wildman–Crippen MR) is 84.6 cm³/mol. The third-order valence-electron chi connectivity index (χ3n) is 4.90. The average Bonchev–Trinajstić information content (AvgIpc) is 3.13. The zero-order valence-electron chi connectivity index (χ0n) is 12.7. The van der Waals surface area contributed by atoms with Crippen LogP contribution in [0.15, 0.2) is 43.0 Å². The maximum atomic E-state index is 12.5. The van der Waals surface area contributed by atoms with Gasteiger partial charge in [0.15, 0.2) is 0 Å². The van der Waals surface area contributed by atoms with Crippen molar-refractivity contribution in [2.45, 2.75) is 31.8 Å². The fraction of sp³-hybridized carbons (Fsp3) is 0.412. The first kappa shape index (κ1) is 13.4. The molecule has 0 radical (unpaired) electrons. The highest BCUT2D eigenvalue weighted by atomic mass is 16.2.